The summed E-state index contributed by atoms with van der Waals surface area (Å²) < 4.78 is 116. The zero-order chi connectivity index (χ0) is 101. The van der Waals surface area contributed by atoms with Gasteiger partial charge in [0.25, 0.3) is 35.4 Å². The topological polar surface area (TPSA) is 344 Å². The van der Waals surface area contributed by atoms with Crippen molar-refractivity contribution in [1.82, 2.24) is 73.7 Å². The third-order valence-corrected chi connectivity index (χ3v) is 39.2. The summed E-state index contributed by atoms with van der Waals surface area (Å²) in [6.07, 6.45) is 25.4. The van der Waals surface area contributed by atoms with Gasteiger partial charge in [0.05, 0.1) is 93.2 Å². The Morgan fingerprint density at radius 1 is 0.454 bits per heavy atom. The van der Waals surface area contributed by atoms with Crippen molar-refractivity contribution in [2.45, 2.75) is 131 Å². The predicted octanol–water partition coefficient (Wildman–Crippen LogP) is 17.7. The van der Waals surface area contributed by atoms with Crippen LogP contribution in [0, 0.1) is 23.3 Å². The number of ether oxygens (including phenoxy) is 10. The normalized spacial score (nSPS) is 14.0. The summed E-state index contributed by atoms with van der Waals surface area (Å²) in [7, 11) is 11.8. The Kier molecular flexibility index (Phi) is 38.7. The van der Waals surface area contributed by atoms with Crippen molar-refractivity contribution in [2.24, 2.45) is 0 Å². The maximum atomic E-state index is 13.4. The molecule has 1 unspecified atom stereocenters. The maximum absolute atomic E-state index is 13.4. The first-order valence-corrected chi connectivity index (χ1v) is 54.9. The van der Waals surface area contributed by atoms with Gasteiger partial charge in [0, 0.05) is 115 Å². The molecule has 0 radical (unpaired) electrons. The summed E-state index contributed by atoms with van der Waals surface area (Å²) in [5.74, 6) is -1.57. The Hall–Kier alpha value is -13.7. The molecule has 141 heavy (non-hydrogen) atoms. The first-order chi connectivity index (χ1) is 68.3. The molecule has 17 rings (SSSR count). The van der Waals surface area contributed by atoms with Gasteiger partial charge in [-0.1, -0.05) is 39.7 Å². The third kappa shape index (κ3) is 26.5. The van der Waals surface area contributed by atoms with Gasteiger partial charge in [0.2, 0.25) is 11.8 Å². The van der Waals surface area contributed by atoms with Crippen molar-refractivity contribution in [1.29, 1.82) is 0 Å². The number of benzene rings is 4. The minimum Gasteiger partial charge on any atom is -0.493 e. The van der Waals surface area contributed by atoms with Crippen molar-refractivity contribution in [3.8, 4) is 52.9 Å². The molecule has 9 aromatic heterocycles. The van der Waals surface area contributed by atoms with E-state index in [2.05, 4.69) is 94.9 Å². The van der Waals surface area contributed by atoms with Gasteiger partial charge >= 0.3 is 158 Å². The van der Waals surface area contributed by atoms with E-state index >= 15 is 0 Å². The van der Waals surface area contributed by atoms with Crippen LogP contribution in [0.4, 0.5) is 17.6 Å². The second-order valence-corrected chi connectivity index (χ2v) is 46.9. The summed E-state index contributed by atoms with van der Waals surface area (Å²) in [5, 5.41) is 5.17. The first kappa shape index (κ1) is 106. The van der Waals surface area contributed by atoms with E-state index in [4.69, 9.17) is 64.0 Å². The number of halogens is 6. The van der Waals surface area contributed by atoms with Crippen LogP contribution in [0.1, 0.15) is 119 Å². The minimum atomic E-state index is -2.54. The molecule has 1 fully saturated rings. The van der Waals surface area contributed by atoms with E-state index in [0.29, 0.717) is 118 Å². The number of rotatable bonds is 36. The molecule has 13 aromatic rings. The van der Waals surface area contributed by atoms with E-state index in [9.17, 15) is 46.3 Å². The number of likely N-dealkylation sites (N-methyl/N-ethyl adjacent to an activating group) is 2. The average molecular weight is 2130 g/mol. The molecule has 0 bridgehead atoms. The van der Waals surface area contributed by atoms with Crippen LogP contribution in [0.5, 0.6) is 52.9 Å². The zero-order valence-corrected chi connectivity index (χ0v) is 85.6. The number of amides is 6. The average Bonchev–Trinajstić information content (AvgIpc) is 1.59. The van der Waals surface area contributed by atoms with Crippen LogP contribution >= 0.6 is 27.5 Å². The van der Waals surface area contributed by atoms with Crippen LogP contribution in [0.2, 0.25) is 13.3 Å². The number of imide groups is 3. The van der Waals surface area contributed by atoms with Crippen LogP contribution in [-0.4, -0.2) is 217 Å². The minimum absolute atomic E-state index is 0.0597. The van der Waals surface area contributed by atoms with E-state index in [1.54, 1.807) is 112 Å². The van der Waals surface area contributed by atoms with Crippen molar-refractivity contribution in [3.05, 3.63) is 251 Å². The molecule has 4 aliphatic rings. The number of alkyl halides is 1. The van der Waals surface area contributed by atoms with Gasteiger partial charge < -0.3 is 51.6 Å². The standard InChI is InChI=1S/C27H24FN5O4.C25H20FN5O5.C20H15ClFN3O3.C8H8BrFO.C6H7N2O2.C5H10O.3C4H9.Sn/c1-32-25(34)21(19-14-30-27(37-3)31-24(19)36-2)22(26(32)35)20-15-33(23-18(20)7-4-12-29-23)13-5-6-16-8-10-17(28)11-9-16;1-34-24-17(12-28-25(30-24)35-2)19-20(23(33)29-22(19)32)18-13-31(21-16(18)4-3-9-27-21)10-11-36-15-7-5-14(26)6-8-15;1-24-19(26)16(17(21)20(24)27)15-11-25(18-14(15)3-2-8-23-18)9-10-28-13-6-4-12(22)5-7-13;9-5-6-11-8-3-1-7(10)2-4-8;1-9-5-3-4-7-6(8-5)10-2;1-5-3-2-4-6-5;3*1-3-4-2;/h4,7-12,14-15H,5-6,13H2,1-3H3;3-9,12-13H,10-11H2,1-2H3,(H,29,32,33);2-8,11H,9-10H2,1H3;1-4H,5-6H2;3H,1-2H3;5H,2-4H2,1H3;3*1,3-4H2,2H3;. The molecule has 6 amide bonds. The number of aromatic nitrogens is 12. The smallest absolute Gasteiger partial charge is 0.319 e. The molecule has 13 heterocycles. The predicted molar refractivity (Wildman–Crippen MR) is 533 cm³/mol. The summed E-state index contributed by atoms with van der Waals surface area (Å²) in [6, 6.07) is 37.4. The molecule has 31 nitrogen and oxygen atoms in total. The van der Waals surface area contributed by atoms with Crippen LogP contribution in [0.3, 0.4) is 0 Å². The Morgan fingerprint density at radius 3 is 1.24 bits per heavy atom. The number of fused-ring (bicyclic) bond motifs is 3. The molecule has 0 saturated carbocycles. The number of hydrogen-bond acceptors (Lipinski definition) is 25. The summed E-state index contributed by atoms with van der Waals surface area (Å²) in [5.41, 5.74) is 5.96. The number of aryl methyl sites for hydroxylation is 2. The molecule has 0 spiro atoms. The maximum Gasteiger partial charge on any atom is 0.319 e. The molecule has 4 aromatic carbocycles. The number of unbranched alkanes of at least 4 members (excludes halogenated alkanes) is 3. The van der Waals surface area contributed by atoms with Crippen LogP contribution in [-0.2, 0) is 59.6 Å². The summed E-state index contributed by atoms with van der Waals surface area (Å²) in [6.45, 7) is 12.6. The zero-order valence-electron chi connectivity index (χ0n) is 80.4. The molecular weight excluding hydrogens is 2010 g/mol. The van der Waals surface area contributed by atoms with E-state index < -0.39 is 53.8 Å². The molecule has 38 heteroatoms. The number of hydrogen-bond donors (Lipinski definition) is 1. The van der Waals surface area contributed by atoms with Gasteiger partial charge in [0.1, 0.15) is 75.7 Å². The monoisotopic (exact) mass is 2120 g/mol. The molecule has 740 valence electrons. The summed E-state index contributed by atoms with van der Waals surface area (Å²) in [4.78, 5) is 118. The molecule has 1 atom stereocenters. The Labute approximate surface area is 831 Å². The Bertz CT molecular complexity index is 6600. The fourth-order valence-corrected chi connectivity index (χ4v) is 32.1. The molecule has 0 aliphatic carbocycles. The van der Waals surface area contributed by atoms with Gasteiger partial charge in [0.15, 0.2) is 0 Å². The second-order valence-electron chi connectivity index (χ2n) is 32.7. The molecule has 4 aliphatic heterocycles. The fourth-order valence-electron chi connectivity index (χ4n) is 16.3. The van der Waals surface area contributed by atoms with Crippen molar-refractivity contribution in [3.63, 3.8) is 0 Å². The van der Waals surface area contributed by atoms with Gasteiger partial charge in [-0.05, 0) is 159 Å². The van der Waals surface area contributed by atoms with E-state index in [1.807, 2.05) is 38.1 Å². The van der Waals surface area contributed by atoms with Gasteiger partial charge in [-0.3, -0.25) is 43.9 Å². The van der Waals surface area contributed by atoms with E-state index in [-0.39, 0.29) is 92.1 Å². The quantitative estimate of drug-likeness (QED) is 0.0165. The van der Waals surface area contributed by atoms with Gasteiger partial charge in [-0.25, -0.2) is 42.5 Å². The molecule has 1 saturated heterocycles. The number of carbonyl (C=O) groups excluding carboxylic acids is 6. The largest absolute Gasteiger partial charge is 0.493 e. The number of carbonyl (C=O) groups is 6. The fraction of sp³-hybridized carbons (Fsp3) is 0.330. The number of pyridine rings is 3. The first-order valence-electron chi connectivity index (χ1n) is 45.9. The number of nitrogens with one attached hydrogen (secondary N) is 1. The van der Waals surface area contributed by atoms with Crippen molar-refractivity contribution >= 4 is 146 Å². The van der Waals surface area contributed by atoms with Gasteiger partial charge in [-0.2, -0.15) is 9.97 Å². The summed E-state index contributed by atoms with van der Waals surface area (Å²) >= 11 is 6.82. The SMILES string of the molecule is CC1CCCO1.CCC[CH2][Sn]([CH2]CCC)([CH2]CCC)[c]1cc(OC)nc(OC)n1.CN1C(=O)C(Cl)=C(c2cn(CCOc3ccc(F)cc3)c3ncccc23)C1=O.COc1ncc(C2=C(c3cn(CCCc4ccc(F)cc4)c4ncccc34)C(=O)N(C)C2=O)c(OC)n1.COc1ncc(C2=C(c3cn(CCOc4ccc(F)cc4)c4ncccc34)C(=O)NC2=O)c(OC)n1.Fc1ccc(OCCBr)cc1. The van der Waals surface area contributed by atoms with Gasteiger partial charge in [-0.15, -0.1) is 0 Å². The third-order valence-electron chi connectivity index (χ3n) is 23.5. The van der Waals surface area contributed by atoms with Crippen molar-refractivity contribution < 1.29 is 93.7 Å². The van der Waals surface area contributed by atoms with Crippen molar-refractivity contribution in [2.75, 3.05) is 88.5 Å². The number of nitrogens with zero attached hydrogens (tertiary/aromatic N) is 14. The Morgan fingerprint density at radius 2 is 0.851 bits per heavy atom. The van der Waals surface area contributed by atoms with Crippen LogP contribution in [0.25, 0.3) is 61.0 Å². The molecule has 1 N–H and O–H groups in total. The van der Waals surface area contributed by atoms with Crippen LogP contribution < -0.4 is 51.7 Å². The Balaban J connectivity index is 0.000000161. The van der Waals surface area contributed by atoms with E-state index in [1.165, 1.54) is 172 Å². The second kappa shape index (κ2) is 51.4. The van der Waals surface area contributed by atoms with E-state index in [0.717, 1.165) is 45.5 Å². The number of methoxy groups -OCH3 is 6. The molecular formula is C103H111BrClF4N15O16Sn. The van der Waals surface area contributed by atoms with Crippen LogP contribution in [0.15, 0.2) is 194 Å².